The summed E-state index contributed by atoms with van der Waals surface area (Å²) in [5.74, 6) is 0.799. The Bertz CT molecular complexity index is 406. The number of para-hydroxylation sites is 1. The Morgan fingerprint density at radius 2 is 2.15 bits per heavy atom. The first-order valence-electron chi connectivity index (χ1n) is 7.25. The number of rotatable bonds is 7. The molecule has 0 aliphatic carbocycles. The first kappa shape index (κ1) is 15.1. The van der Waals surface area contributed by atoms with Crippen LogP contribution in [0.2, 0.25) is 0 Å². The van der Waals surface area contributed by atoms with Crippen LogP contribution in [-0.2, 0) is 11.3 Å². The standard InChI is InChI=1S/C15H24N2O3/c1-2-20-14-5-3-4-13(15(14)18)12-16-6-7-17-8-10-19-11-9-17/h3-5,16,18H,2,6-12H2,1H3. The molecule has 20 heavy (non-hydrogen) atoms. The summed E-state index contributed by atoms with van der Waals surface area (Å²) >= 11 is 0. The fourth-order valence-corrected chi connectivity index (χ4v) is 2.27. The van der Waals surface area contributed by atoms with Gasteiger partial charge in [0.25, 0.3) is 0 Å². The molecule has 2 rings (SSSR count). The highest BCUT2D eigenvalue weighted by Gasteiger charge is 2.10. The molecule has 0 spiro atoms. The zero-order chi connectivity index (χ0) is 14.2. The maximum absolute atomic E-state index is 10.1. The molecule has 0 amide bonds. The van der Waals surface area contributed by atoms with E-state index in [1.165, 1.54) is 0 Å². The van der Waals surface area contributed by atoms with Gasteiger partial charge in [0.05, 0.1) is 19.8 Å². The molecule has 1 aromatic carbocycles. The van der Waals surface area contributed by atoms with E-state index in [-0.39, 0.29) is 5.75 Å². The van der Waals surface area contributed by atoms with Crippen molar-refractivity contribution < 1.29 is 14.6 Å². The highest BCUT2D eigenvalue weighted by molar-refractivity contribution is 5.45. The summed E-state index contributed by atoms with van der Waals surface area (Å²) in [5, 5.41) is 13.4. The van der Waals surface area contributed by atoms with Gasteiger partial charge >= 0.3 is 0 Å². The lowest BCUT2D eigenvalue weighted by Gasteiger charge is -2.26. The third-order valence-corrected chi connectivity index (χ3v) is 3.41. The molecule has 0 bridgehead atoms. The molecule has 0 atom stereocenters. The number of hydrogen-bond acceptors (Lipinski definition) is 5. The van der Waals surface area contributed by atoms with Gasteiger partial charge < -0.3 is 19.9 Å². The summed E-state index contributed by atoms with van der Waals surface area (Å²) in [7, 11) is 0. The van der Waals surface area contributed by atoms with Crippen molar-refractivity contribution in [2.45, 2.75) is 13.5 Å². The van der Waals surface area contributed by atoms with E-state index in [0.717, 1.165) is 45.0 Å². The minimum absolute atomic E-state index is 0.244. The molecule has 0 radical (unpaired) electrons. The van der Waals surface area contributed by atoms with Crippen molar-refractivity contribution in [1.82, 2.24) is 10.2 Å². The molecule has 0 saturated carbocycles. The van der Waals surface area contributed by atoms with Gasteiger partial charge in [-0.15, -0.1) is 0 Å². The number of benzene rings is 1. The Hall–Kier alpha value is -1.30. The van der Waals surface area contributed by atoms with E-state index < -0.39 is 0 Å². The number of phenolic OH excluding ortho intramolecular Hbond substituents is 1. The second-order valence-corrected chi connectivity index (χ2v) is 4.83. The summed E-state index contributed by atoms with van der Waals surface area (Å²) in [6, 6.07) is 5.61. The Morgan fingerprint density at radius 1 is 1.35 bits per heavy atom. The maximum atomic E-state index is 10.1. The summed E-state index contributed by atoms with van der Waals surface area (Å²) in [5.41, 5.74) is 0.873. The van der Waals surface area contributed by atoms with E-state index in [9.17, 15) is 5.11 Å². The van der Waals surface area contributed by atoms with Crippen molar-refractivity contribution in [2.24, 2.45) is 0 Å². The summed E-state index contributed by atoms with van der Waals surface area (Å²) in [6.07, 6.45) is 0. The van der Waals surface area contributed by atoms with Crippen molar-refractivity contribution >= 4 is 0 Å². The van der Waals surface area contributed by atoms with Crippen LogP contribution in [0.4, 0.5) is 0 Å². The van der Waals surface area contributed by atoms with Crippen LogP contribution in [-0.4, -0.2) is 56.0 Å². The van der Waals surface area contributed by atoms with Crippen LogP contribution in [0.3, 0.4) is 0 Å². The summed E-state index contributed by atoms with van der Waals surface area (Å²) < 4.78 is 10.7. The fourth-order valence-electron chi connectivity index (χ4n) is 2.27. The zero-order valence-corrected chi connectivity index (χ0v) is 12.1. The third-order valence-electron chi connectivity index (χ3n) is 3.41. The zero-order valence-electron chi connectivity index (χ0n) is 12.1. The summed E-state index contributed by atoms with van der Waals surface area (Å²) in [6.45, 7) is 8.70. The average molecular weight is 280 g/mol. The van der Waals surface area contributed by atoms with Crippen LogP contribution in [0.15, 0.2) is 18.2 Å². The van der Waals surface area contributed by atoms with Crippen LogP contribution in [0.25, 0.3) is 0 Å². The largest absolute Gasteiger partial charge is 0.504 e. The maximum Gasteiger partial charge on any atom is 0.162 e. The van der Waals surface area contributed by atoms with E-state index >= 15 is 0 Å². The van der Waals surface area contributed by atoms with Crippen molar-refractivity contribution in [3.63, 3.8) is 0 Å². The molecule has 1 heterocycles. The average Bonchev–Trinajstić information content (AvgIpc) is 2.48. The van der Waals surface area contributed by atoms with E-state index in [2.05, 4.69) is 10.2 Å². The van der Waals surface area contributed by atoms with Crippen LogP contribution in [0.5, 0.6) is 11.5 Å². The predicted molar refractivity (Wildman–Crippen MR) is 78.2 cm³/mol. The van der Waals surface area contributed by atoms with Gasteiger partial charge in [-0.2, -0.15) is 0 Å². The lowest BCUT2D eigenvalue weighted by atomic mass is 10.2. The minimum atomic E-state index is 0.244. The highest BCUT2D eigenvalue weighted by Crippen LogP contribution is 2.29. The lowest BCUT2D eigenvalue weighted by Crippen LogP contribution is -2.40. The van der Waals surface area contributed by atoms with Gasteiger partial charge in [0.15, 0.2) is 11.5 Å². The van der Waals surface area contributed by atoms with Crippen LogP contribution in [0, 0.1) is 0 Å². The normalized spacial score (nSPS) is 16.2. The number of morpholine rings is 1. The molecular weight excluding hydrogens is 256 g/mol. The van der Waals surface area contributed by atoms with Crippen molar-refractivity contribution in [2.75, 3.05) is 46.0 Å². The number of aromatic hydroxyl groups is 1. The molecule has 2 N–H and O–H groups in total. The van der Waals surface area contributed by atoms with Gasteiger partial charge in [-0.1, -0.05) is 12.1 Å². The lowest BCUT2D eigenvalue weighted by molar-refractivity contribution is 0.0384. The van der Waals surface area contributed by atoms with Gasteiger partial charge in [0, 0.05) is 38.3 Å². The Labute approximate surface area is 120 Å². The molecule has 1 aliphatic rings. The quantitative estimate of drug-likeness (QED) is 0.735. The first-order chi connectivity index (χ1) is 9.81. The molecule has 0 aromatic heterocycles. The number of phenols is 1. The first-order valence-corrected chi connectivity index (χ1v) is 7.25. The van der Waals surface area contributed by atoms with Gasteiger partial charge in [0.1, 0.15) is 0 Å². The smallest absolute Gasteiger partial charge is 0.162 e. The molecule has 112 valence electrons. The topological polar surface area (TPSA) is 54.0 Å². The Kier molecular flexibility index (Phi) is 6.11. The third kappa shape index (κ3) is 4.37. The molecule has 1 aliphatic heterocycles. The summed E-state index contributed by atoms with van der Waals surface area (Å²) in [4.78, 5) is 2.38. The molecular formula is C15H24N2O3. The van der Waals surface area contributed by atoms with Crippen LogP contribution in [0.1, 0.15) is 12.5 Å². The SMILES string of the molecule is CCOc1cccc(CNCCN2CCOCC2)c1O. The molecule has 5 heteroatoms. The molecule has 1 saturated heterocycles. The van der Waals surface area contributed by atoms with Crippen molar-refractivity contribution in [3.8, 4) is 11.5 Å². The van der Waals surface area contributed by atoms with Crippen LogP contribution < -0.4 is 10.1 Å². The number of ether oxygens (including phenoxy) is 2. The Balaban J connectivity index is 1.74. The molecule has 5 nitrogen and oxygen atoms in total. The van der Waals surface area contributed by atoms with E-state index in [0.29, 0.717) is 18.9 Å². The highest BCUT2D eigenvalue weighted by atomic mass is 16.5. The minimum Gasteiger partial charge on any atom is -0.504 e. The monoisotopic (exact) mass is 280 g/mol. The predicted octanol–water partition coefficient (Wildman–Crippen LogP) is 1.21. The van der Waals surface area contributed by atoms with Crippen molar-refractivity contribution in [1.29, 1.82) is 0 Å². The fraction of sp³-hybridized carbons (Fsp3) is 0.600. The number of nitrogens with one attached hydrogen (secondary N) is 1. The van der Waals surface area contributed by atoms with Gasteiger partial charge in [-0.25, -0.2) is 0 Å². The second kappa shape index (κ2) is 8.09. The van der Waals surface area contributed by atoms with Gasteiger partial charge in [-0.05, 0) is 13.0 Å². The van der Waals surface area contributed by atoms with Gasteiger partial charge in [0.2, 0.25) is 0 Å². The van der Waals surface area contributed by atoms with Crippen LogP contribution >= 0.6 is 0 Å². The molecule has 1 fully saturated rings. The van der Waals surface area contributed by atoms with Gasteiger partial charge in [-0.3, -0.25) is 4.90 Å². The van der Waals surface area contributed by atoms with E-state index in [4.69, 9.17) is 9.47 Å². The second-order valence-electron chi connectivity index (χ2n) is 4.83. The molecule has 0 unspecified atom stereocenters. The van der Waals surface area contributed by atoms with E-state index in [1.807, 2.05) is 19.1 Å². The Morgan fingerprint density at radius 3 is 2.90 bits per heavy atom. The van der Waals surface area contributed by atoms with E-state index in [1.54, 1.807) is 6.07 Å². The molecule has 1 aromatic rings. The van der Waals surface area contributed by atoms with Crippen molar-refractivity contribution in [3.05, 3.63) is 23.8 Å². The number of nitrogens with zero attached hydrogens (tertiary/aromatic N) is 1. The number of hydrogen-bond donors (Lipinski definition) is 2.